The van der Waals surface area contributed by atoms with Crippen molar-refractivity contribution in [3.63, 3.8) is 0 Å². The Balaban J connectivity index is 1.42. The van der Waals surface area contributed by atoms with Crippen LogP contribution in [-0.2, 0) is 6.11 Å². The van der Waals surface area contributed by atoms with Gasteiger partial charge in [-0.05, 0) is 77.7 Å². The Labute approximate surface area is 231 Å². The van der Waals surface area contributed by atoms with E-state index in [2.05, 4.69) is 4.74 Å². The molecule has 0 fully saturated rings. The number of nitriles is 1. The minimum absolute atomic E-state index is 0.110. The molecule has 0 amide bonds. The van der Waals surface area contributed by atoms with Gasteiger partial charge in [-0.25, -0.2) is 17.6 Å². The normalized spacial score (nSPS) is 11.3. The number of rotatable bonds is 6. The molecule has 0 radical (unpaired) electrons. The fourth-order valence-corrected chi connectivity index (χ4v) is 4.39. The Kier molecular flexibility index (Phi) is 7.29. The van der Waals surface area contributed by atoms with Gasteiger partial charge in [0, 0.05) is 11.1 Å². The summed E-state index contributed by atoms with van der Waals surface area (Å²) in [5.41, 5.74) is 0.704. The Morgan fingerprint density at radius 2 is 1.07 bits per heavy atom. The lowest BCUT2D eigenvalue weighted by Gasteiger charge is -2.20. The van der Waals surface area contributed by atoms with Crippen molar-refractivity contribution in [1.29, 1.82) is 5.26 Å². The molecule has 41 heavy (non-hydrogen) atoms. The largest absolute Gasteiger partial charge is 0.432 e. The summed E-state index contributed by atoms with van der Waals surface area (Å²) in [6.07, 6.45) is -4.41. The Bertz CT molecular complexity index is 1770. The van der Waals surface area contributed by atoms with E-state index >= 15 is 4.39 Å². The van der Waals surface area contributed by atoms with Crippen LogP contribution in [0, 0.1) is 41.5 Å². The third kappa shape index (κ3) is 5.66. The first kappa shape index (κ1) is 27.5. The summed E-state index contributed by atoms with van der Waals surface area (Å²) < 4.78 is 93.7. The Morgan fingerprint density at radius 3 is 1.63 bits per heavy atom. The van der Waals surface area contributed by atoms with E-state index in [0.29, 0.717) is 17.7 Å². The lowest BCUT2D eigenvalue weighted by Crippen LogP contribution is -2.25. The molecule has 0 heterocycles. The SMILES string of the molecule is Cc1ccc(-c2ccc(-c3ccc(-c4cc(F)c(C(F)(F)Oc5ccc(C#N)cc5)c(F)c4)c(F)c3)c(F)c2)cc1. The predicted molar refractivity (Wildman–Crippen MR) is 143 cm³/mol. The molecule has 204 valence electrons. The molecule has 0 saturated carbocycles. The number of aryl methyl sites for hydroxylation is 1. The maximum absolute atomic E-state index is 15.1. The van der Waals surface area contributed by atoms with E-state index in [0.717, 1.165) is 29.3 Å². The summed E-state index contributed by atoms with van der Waals surface area (Å²) >= 11 is 0. The van der Waals surface area contributed by atoms with Gasteiger partial charge in [-0.2, -0.15) is 14.0 Å². The van der Waals surface area contributed by atoms with Gasteiger partial charge in [0.2, 0.25) is 0 Å². The van der Waals surface area contributed by atoms with Crippen LogP contribution < -0.4 is 4.74 Å². The number of hydrogen-bond donors (Lipinski definition) is 0. The minimum atomic E-state index is -4.41. The van der Waals surface area contributed by atoms with Crippen LogP contribution in [0.15, 0.2) is 97.1 Å². The lowest BCUT2D eigenvalue weighted by atomic mass is 9.96. The molecule has 0 aliphatic carbocycles. The highest BCUT2D eigenvalue weighted by Crippen LogP contribution is 2.38. The molecule has 0 aliphatic heterocycles. The molecule has 5 aromatic carbocycles. The van der Waals surface area contributed by atoms with E-state index in [4.69, 9.17) is 5.26 Å². The fraction of sp³-hybridized carbons (Fsp3) is 0.0606. The molecule has 0 saturated heterocycles. The quantitative estimate of drug-likeness (QED) is 0.194. The van der Waals surface area contributed by atoms with Crippen LogP contribution in [0.4, 0.5) is 26.3 Å². The van der Waals surface area contributed by atoms with Crippen LogP contribution in [0.1, 0.15) is 16.7 Å². The van der Waals surface area contributed by atoms with Crippen LogP contribution in [0.5, 0.6) is 5.75 Å². The molecule has 0 aliphatic rings. The Hall–Kier alpha value is -5.03. The zero-order valence-corrected chi connectivity index (χ0v) is 21.4. The summed E-state index contributed by atoms with van der Waals surface area (Å²) in [6, 6.07) is 23.1. The molecule has 0 unspecified atom stereocenters. The highest BCUT2D eigenvalue weighted by Gasteiger charge is 2.41. The third-order valence-electron chi connectivity index (χ3n) is 6.51. The predicted octanol–water partition coefficient (Wildman–Crippen LogP) is 9.55. The highest BCUT2D eigenvalue weighted by molar-refractivity contribution is 5.74. The molecule has 2 nitrogen and oxygen atoms in total. The average Bonchev–Trinajstić information content (AvgIpc) is 2.93. The van der Waals surface area contributed by atoms with Crippen LogP contribution in [0.2, 0.25) is 0 Å². The van der Waals surface area contributed by atoms with E-state index in [1.165, 1.54) is 36.4 Å². The first-order valence-electron chi connectivity index (χ1n) is 12.3. The second kappa shape index (κ2) is 10.9. The summed E-state index contributed by atoms with van der Waals surface area (Å²) in [6.45, 7) is 1.94. The highest BCUT2D eigenvalue weighted by atomic mass is 19.3. The second-order valence-electron chi connectivity index (χ2n) is 9.33. The smallest absolute Gasteiger partial charge is 0.429 e. The summed E-state index contributed by atoms with van der Waals surface area (Å²) in [7, 11) is 0. The van der Waals surface area contributed by atoms with Crippen LogP contribution >= 0.6 is 0 Å². The van der Waals surface area contributed by atoms with Gasteiger partial charge in [0.05, 0.1) is 11.6 Å². The molecular formula is C33H19F6NO. The number of alkyl halides is 2. The van der Waals surface area contributed by atoms with Crippen molar-refractivity contribution in [3.8, 4) is 45.2 Å². The number of benzene rings is 5. The summed E-state index contributed by atoms with van der Waals surface area (Å²) in [4.78, 5) is 0. The van der Waals surface area contributed by atoms with E-state index < -0.39 is 40.7 Å². The fourth-order valence-electron chi connectivity index (χ4n) is 4.39. The number of ether oxygens (including phenoxy) is 1. The topological polar surface area (TPSA) is 33.0 Å². The van der Waals surface area contributed by atoms with Gasteiger partial charge < -0.3 is 4.74 Å². The van der Waals surface area contributed by atoms with Crippen molar-refractivity contribution in [2.75, 3.05) is 0 Å². The zero-order chi connectivity index (χ0) is 29.3. The zero-order valence-electron chi connectivity index (χ0n) is 21.4. The van der Waals surface area contributed by atoms with E-state index in [9.17, 15) is 22.0 Å². The molecule has 0 spiro atoms. The number of nitrogens with zero attached hydrogens (tertiary/aromatic N) is 1. The lowest BCUT2D eigenvalue weighted by molar-refractivity contribution is -0.189. The first-order valence-corrected chi connectivity index (χ1v) is 12.3. The molecule has 5 aromatic rings. The molecule has 0 aromatic heterocycles. The minimum Gasteiger partial charge on any atom is -0.429 e. The third-order valence-corrected chi connectivity index (χ3v) is 6.51. The average molecular weight is 560 g/mol. The monoisotopic (exact) mass is 559 g/mol. The van der Waals surface area contributed by atoms with Gasteiger partial charge in [0.15, 0.2) is 0 Å². The molecule has 5 rings (SSSR count). The van der Waals surface area contributed by atoms with E-state index in [1.807, 2.05) is 31.2 Å². The maximum Gasteiger partial charge on any atom is 0.432 e. The van der Waals surface area contributed by atoms with E-state index in [1.54, 1.807) is 12.1 Å². The van der Waals surface area contributed by atoms with Crippen molar-refractivity contribution >= 4 is 0 Å². The summed E-state index contributed by atoms with van der Waals surface area (Å²) in [5, 5.41) is 8.81. The second-order valence-corrected chi connectivity index (χ2v) is 9.33. The van der Waals surface area contributed by atoms with Gasteiger partial charge >= 0.3 is 6.11 Å². The van der Waals surface area contributed by atoms with Crippen molar-refractivity contribution in [3.05, 3.63) is 137 Å². The van der Waals surface area contributed by atoms with Crippen molar-refractivity contribution in [2.24, 2.45) is 0 Å². The number of halogens is 6. The van der Waals surface area contributed by atoms with Gasteiger partial charge in [-0.15, -0.1) is 0 Å². The molecule has 0 N–H and O–H groups in total. The summed E-state index contributed by atoms with van der Waals surface area (Å²) in [5.74, 6) is -5.25. The van der Waals surface area contributed by atoms with Crippen LogP contribution in [0.3, 0.4) is 0 Å². The van der Waals surface area contributed by atoms with Crippen LogP contribution in [-0.4, -0.2) is 0 Å². The Morgan fingerprint density at radius 1 is 0.585 bits per heavy atom. The van der Waals surface area contributed by atoms with E-state index in [-0.39, 0.29) is 27.8 Å². The van der Waals surface area contributed by atoms with Gasteiger partial charge in [-0.1, -0.05) is 54.1 Å². The van der Waals surface area contributed by atoms with Crippen molar-refractivity contribution in [2.45, 2.75) is 13.0 Å². The molecule has 0 atom stereocenters. The van der Waals surface area contributed by atoms with Crippen molar-refractivity contribution in [1.82, 2.24) is 0 Å². The molecule has 0 bridgehead atoms. The standard InChI is InChI=1S/C33H19F6NO/c1-19-2-6-21(7-3-19)22-8-12-26(28(34)14-22)23-9-13-27(29(35)15-23)24-16-30(36)32(31(37)17-24)33(38,39)41-25-10-4-20(18-40)5-11-25/h2-17H,1H3. The van der Waals surface area contributed by atoms with Gasteiger partial charge in [0.25, 0.3) is 0 Å². The maximum atomic E-state index is 15.1. The molecular weight excluding hydrogens is 540 g/mol. The molecule has 8 heteroatoms. The van der Waals surface area contributed by atoms with Gasteiger partial charge in [-0.3, -0.25) is 0 Å². The number of hydrogen-bond acceptors (Lipinski definition) is 2. The van der Waals surface area contributed by atoms with Crippen molar-refractivity contribution < 1.29 is 31.1 Å². The first-order chi connectivity index (χ1) is 19.6. The van der Waals surface area contributed by atoms with Gasteiger partial charge in [0.1, 0.15) is 34.6 Å². The van der Waals surface area contributed by atoms with Crippen LogP contribution in [0.25, 0.3) is 33.4 Å².